The van der Waals surface area contributed by atoms with Crippen molar-refractivity contribution in [1.29, 1.82) is 0 Å². The molecule has 3 unspecified atom stereocenters. The summed E-state index contributed by atoms with van der Waals surface area (Å²) in [7, 11) is 0. The lowest BCUT2D eigenvalue weighted by atomic mass is 10.00. The lowest BCUT2D eigenvalue weighted by Crippen LogP contribution is -2.33. The van der Waals surface area contributed by atoms with Crippen molar-refractivity contribution >= 4 is 11.6 Å². The van der Waals surface area contributed by atoms with Crippen molar-refractivity contribution in [2.45, 2.75) is 25.3 Å². The number of hydrogen-bond donors (Lipinski definition) is 0. The van der Waals surface area contributed by atoms with Crippen LogP contribution in [0.5, 0.6) is 0 Å². The summed E-state index contributed by atoms with van der Waals surface area (Å²) in [5.41, 5.74) is 0. The van der Waals surface area contributed by atoms with Crippen LogP contribution >= 0.6 is 11.6 Å². The molecule has 2 heterocycles. The van der Waals surface area contributed by atoms with Crippen LogP contribution in [0.3, 0.4) is 0 Å². The number of fused-ring (bicyclic) bond motifs is 2. The molecule has 3 atom stereocenters. The summed E-state index contributed by atoms with van der Waals surface area (Å²) in [5.74, 6) is 1.83. The second-order valence-electron chi connectivity index (χ2n) is 3.55. The molecule has 0 saturated carbocycles. The third-order valence-electron chi connectivity index (χ3n) is 2.85. The molecule has 58 valence electrons. The summed E-state index contributed by atoms with van der Waals surface area (Å²) in [5, 5.41) is 0. The Morgan fingerprint density at radius 3 is 3.10 bits per heavy atom. The summed E-state index contributed by atoms with van der Waals surface area (Å²) in [6.07, 6.45) is 4.21. The van der Waals surface area contributed by atoms with Gasteiger partial charge in [0.15, 0.2) is 0 Å². The highest BCUT2D eigenvalue weighted by molar-refractivity contribution is 6.18. The summed E-state index contributed by atoms with van der Waals surface area (Å²) in [6.45, 7) is 2.63. The Labute approximate surface area is 67.3 Å². The van der Waals surface area contributed by atoms with Crippen LogP contribution in [-0.4, -0.2) is 29.9 Å². The molecule has 0 radical (unpaired) electrons. The van der Waals surface area contributed by atoms with Gasteiger partial charge in [-0.3, -0.25) is 4.90 Å². The molecule has 2 rings (SSSR count). The van der Waals surface area contributed by atoms with E-state index in [4.69, 9.17) is 11.6 Å². The number of rotatable bonds is 1. The van der Waals surface area contributed by atoms with E-state index < -0.39 is 0 Å². The Bertz CT molecular complexity index is 126. The van der Waals surface area contributed by atoms with Gasteiger partial charge in [-0.25, -0.2) is 0 Å². The van der Waals surface area contributed by atoms with Crippen LogP contribution in [0.4, 0.5) is 0 Å². The molecule has 0 amide bonds. The zero-order valence-electron chi connectivity index (χ0n) is 6.22. The highest BCUT2D eigenvalue weighted by atomic mass is 35.5. The van der Waals surface area contributed by atoms with E-state index in [1.54, 1.807) is 0 Å². The van der Waals surface area contributed by atoms with Crippen LogP contribution in [0.15, 0.2) is 0 Å². The average molecular weight is 160 g/mol. The van der Waals surface area contributed by atoms with Crippen molar-refractivity contribution in [1.82, 2.24) is 4.90 Å². The molecule has 0 N–H and O–H groups in total. The van der Waals surface area contributed by atoms with Crippen molar-refractivity contribution in [3.63, 3.8) is 0 Å². The predicted octanol–water partition coefficient (Wildman–Crippen LogP) is 1.71. The lowest BCUT2D eigenvalue weighted by molar-refractivity contribution is 0.233. The Balaban J connectivity index is 2.01. The maximum Gasteiger partial charge on any atom is 0.0379 e. The normalized spacial score (nSPS) is 45.9. The lowest BCUT2D eigenvalue weighted by Gasteiger charge is -2.24. The molecule has 2 heteroatoms. The minimum Gasteiger partial charge on any atom is -0.299 e. The molecular formula is C8H14ClN. The molecule has 0 spiro atoms. The first-order valence-electron chi connectivity index (χ1n) is 4.20. The van der Waals surface area contributed by atoms with Crippen LogP contribution in [0.2, 0.25) is 0 Å². The van der Waals surface area contributed by atoms with E-state index in [0.717, 1.165) is 11.8 Å². The molecule has 0 aromatic carbocycles. The molecule has 2 aliphatic rings. The summed E-state index contributed by atoms with van der Waals surface area (Å²) < 4.78 is 0. The fourth-order valence-electron chi connectivity index (χ4n) is 2.32. The fraction of sp³-hybridized carbons (Fsp3) is 1.00. The van der Waals surface area contributed by atoms with Gasteiger partial charge in [0.25, 0.3) is 0 Å². The Morgan fingerprint density at radius 1 is 1.50 bits per heavy atom. The van der Waals surface area contributed by atoms with Gasteiger partial charge >= 0.3 is 0 Å². The highest BCUT2D eigenvalue weighted by Crippen LogP contribution is 2.31. The molecule has 2 aliphatic heterocycles. The van der Waals surface area contributed by atoms with Gasteiger partial charge in [-0.05, 0) is 31.7 Å². The second kappa shape index (κ2) is 2.71. The van der Waals surface area contributed by atoms with Crippen molar-refractivity contribution in [3.8, 4) is 0 Å². The topological polar surface area (TPSA) is 3.24 Å². The van der Waals surface area contributed by atoms with Crippen LogP contribution in [0.25, 0.3) is 0 Å². The standard InChI is InChI=1S/C8H14ClN/c9-5-8-4-7-2-1-3-10(8)6-7/h7-8H,1-6H2. The van der Waals surface area contributed by atoms with E-state index in [2.05, 4.69) is 4.90 Å². The Morgan fingerprint density at radius 2 is 2.40 bits per heavy atom. The van der Waals surface area contributed by atoms with E-state index in [1.807, 2.05) is 0 Å². The zero-order chi connectivity index (χ0) is 6.97. The SMILES string of the molecule is ClCC1CC2CCCN1C2. The second-order valence-corrected chi connectivity index (χ2v) is 3.86. The quantitative estimate of drug-likeness (QED) is 0.527. The van der Waals surface area contributed by atoms with E-state index in [-0.39, 0.29) is 0 Å². The summed E-state index contributed by atoms with van der Waals surface area (Å²) in [6, 6.07) is 0.717. The monoisotopic (exact) mass is 159 g/mol. The molecular weight excluding hydrogens is 146 g/mol. The molecule has 1 nitrogen and oxygen atoms in total. The van der Waals surface area contributed by atoms with Gasteiger partial charge in [-0.1, -0.05) is 0 Å². The van der Waals surface area contributed by atoms with Gasteiger partial charge in [0.05, 0.1) is 0 Å². The number of halogens is 1. The molecule has 0 aromatic rings. The number of alkyl halides is 1. The van der Waals surface area contributed by atoms with Crippen molar-refractivity contribution in [2.24, 2.45) is 5.92 Å². The average Bonchev–Trinajstić information content (AvgIpc) is 2.26. The van der Waals surface area contributed by atoms with Crippen molar-refractivity contribution < 1.29 is 0 Å². The highest BCUT2D eigenvalue weighted by Gasteiger charge is 2.33. The van der Waals surface area contributed by atoms with Crippen molar-refractivity contribution in [3.05, 3.63) is 0 Å². The fourth-order valence-corrected chi connectivity index (χ4v) is 2.64. The maximum absolute atomic E-state index is 5.83. The molecule has 0 aromatic heterocycles. The van der Waals surface area contributed by atoms with E-state index in [9.17, 15) is 0 Å². The molecule has 2 bridgehead atoms. The largest absolute Gasteiger partial charge is 0.299 e. The molecule has 0 aliphatic carbocycles. The van der Waals surface area contributed by atoms with E-state index in [0.29, 0.717) is 6.04 Å². The van der Waals surface area contributed by atoms with Crippen LogP contribution in [0, 0.1) is 5.92 Å². The Kier molecular flexibility index (Phi) is 1.88. The van der Waals surface area contributed by atoms with Gasteiger partial charge in [0.2, 0.25) is 0 Å². The van der Waals surface area contributed by atoms with Gasteiger partial charge in [-0.15, -0.1) is 11.6 Å². The Hall–Kier alpha value is 0.250. The van der Waals surface area contributed by atoms with Crippen molar-refractivity contribution in [2.75, 3.05) is 19.0 Å². The van der Waals surface area contributed by atoms with Gasteiger partial charge in [0.1, 0.15) is 0 Å². The first-order chi connectivity index (χ1) is 4.90. The first kappa shape index (κ1) is 6.93. The third-order valence-corrected chi connectivity index (χ3v) is 3.21. The number of hydrogen-bond acceptors (Lipinski definition) is 1. The van der Waals surface area contributed by atoms with Gasteiger partial charge < -0.3 is 0 Å². The van der Waals surface area contributed by atoms with Crippen LogP contribution in [0.1, 0.15) is 19.3 Å². The molecule has 2 saturated heterocycles. The zero-order valence-corrected chi connectivity index (χ0v) is 6.98. The minimum atomic E-state index is 0.717. The number of nitrogens with zero attached hydrogens (tertiary/aromatic N) is 1. The third kappa shape index (κ3) is 1.06. The minimum absolute atomic E-state index is 0.717. The first-order valence-corrected chi connectivity index (χ1v) is 4.73. The van der Waals surface area contributed by atoms with E-state index >= 15 is 0 Å². The summed E-state index contributed by atoms with van der Waals surface area (Å²) in [4.78, 5) is 2.56. The molecule has 2 fully saturated rings. The maximum atomic E-state index is 5.83. The molecule has 10 heavy (non-hydrogen) atoms. The van der Waals surface area contributed by atoms with Crippen LogP contribution < -0.4 is 0 Å². The van der Waals surface area contributed by atoms with Gasteiger partial charge in [0, 0.05) is 18.5 Å². The summed E-state index contributed by atoms with van der Waals surface area (Å²) >= 11 is 5.83. The number of piperidine rings is 1. The van der Waals surface area contributed by atoms with Gasteiger partial charge in [-0.2, -0.15) is 0 Å². The predicted molar refractivity (Wildman–Crippen MR) is 43.4 cm³/mol. The van der Waals surface area contributed by atoms with Crippen LogP contribution in [-0.2, 0) is 0 Å². The van der Waals surface area contributed by atoms with E-state index in [1.165, 1.54) is 32.4 Å². The smallest absolute Gasteiger partial charge is 0.0379 e.